The third-order valence-electron chi connectivity index (χ3n) is 5.42. The molecule has 0 saturated carbocycles. The monoisotopic (exact) mass is 417 g/mol. The number of nitrogens with two attached hydrogens (primary N) is 1. The number of ether oxygens (including phenoxy) is 1. The van der Waals surface area contributed by atoms with Gasteiger partial charge in [-0.15, -0.1) is 0 Å². The number of nitrogen functional groups attached to an aromatic ring is 1. The Morgan fingerprint density at radius 2 is 2.00 bits per heavy atom. The number of hydrogen-bond donors (Lipinski definition) is 2. The summed E-state index contributed by atoms with van der Waals surface area (Å²) >= 11 is 0. The minimum absolute atomic E-state index is 0.0315. The normalized spacial score (nSPS) is 12.8. The molecule has 8 heteroatoms. The Labute approximate surface area is 177 Å². The molecule has 2 aromatic heterocycles. The number of amides is 1. The van der Waals surface area contributed by atoms with Crippen molar-refractivity contribution in [3.05, 3.63) is 77.0 Å². The zero-order chi connectivity index (χ0) is 21.5. The molecule has 0 spiro atoms. The maximum atomic E-state index is 13.9. The Morgan fingerprint density at radius 3 is 2.81 bits per heavy atom. The number of rotatable bonds is 4. The molecule has 5 rings (SSSR count). The van der Waals surface area contributed by atoms with Crippen LogP contribution < -0.4 is 11.1 Å². The third-order valence-corrected chi connectivity index (χ3v) is 5.42. The van der Waals surface area contributed by atoms with E-state index in [1.165, 1.54) is 12.4 Å². The van der Waals surface area contributed by atoms with Crippen molar-refractivity contribution in [3.63, 3.8) is 0 Å². The lowest BCUT2D eigenvalue weighted by Gasteiger charge is -2.12. The van der Waals surface area contributed by atoms with Crippen LogP contribution in [0.3, 0.4) is 0 Å². The smallest absolute Gasteiger partial charge is 0.228 e. The van der Waals surface area contributed by atoms with E-state index in [-0.39, 0.29) is 18.1 Å². The van der Waals surface area contributed by atoms with Gasteiger partial charge < -0.3 is 20.4 Å². The second-order valence-electron chi connectivity index (χ2n) is 7.58. The van der Waals surface area contributed by atoms with E-state index in [9.17, 15) is 9.18 Å². The summed E-state index contributed by atoms with van der Waals surface area (Å²) in [5.74, 6) is -0.265. The fourth-order valence-electron chi connectivity index (χ4n) is 3.99. The average Bonchev–Trinajstić information content (AvgIpc) is 3.33. The Morgan fingerprint density at radius 1 is 1.19 bits per heavy atom. The molecule has 0 aliphatic carbocycles. The topological polar surface area (TPSA) is 95.1 Å². The molecule has 0 fully saturated rings. The van der Waals surface area contributed by atoms with Gasteiger partial charge in [-0.05, 0) is 42.8 Å². The largest absolute Gasteiger partial charge is 0.382 e. The molecule has 2 aromatic carbocycles. The molecule has 0 saturated heterocycles. The number of nitrogens with zero attached hydrogens (tertiary/aromatic N) is 3. The van der Waals surface area contributed by atoms with Crippen molar-refractivity contribution in [1.29, 1.82) is 0 Å². The highest BCUT2D eigenvalue weighted by atomic mass is 19.1. The van der Waals surface area contributed by atoms with Crippen molar-refractivity contribution < 1.29 is 13.9 Å². The number of benzene rings is 2. The molecular formula is C23H20FN5O2. The lowest BCUT2D eigenvalue weighted by molar-refractivity contribution is -0.115. The first-order valence-electron chi connectivity index (χ1n) is 9.87. The van der Waals surface area contributed by atoms with Crippen molar-refractivity contribution in [2.24, 2.45) is 0 Å². The van der Waals surface area contributed by atoms with Gasteiger partial charge in [0.05, 0.1) is 25.3 Å². The first kappa shape index (κ1) is 19.2. The predicted octanol–water partition coefficient (Wildman–Crippen LogP) is 3.66. The van der Waals surface area contributed by atoms with E-state index in [4.69, 9.17) is 10.5 Å². The molecule has 1 aliphatic rings. The highest BCUT2D eigenvalue weighted by Gasteiger charge is 2.25. The molecule has 0 bridgehead atoms. The van der Waals surface area contributed by atoms with Crippen LogP contribution >= 0.6 is 0 Å². The van der Waals surface area contributed by atoms with Gasteiger partial charge in [0.1, 0.15) is 23.2 Å². The molecule has 0 atom stereocenters. The number of aromatic nitrogens is 3. The maximum Gasteiger partial charge on any atom is 0.228 e. The summed E-state index contributed by atoms with van der Waals surface area (Å²) in [7, 11) is 0. The number of hydrogen-bond acceptors (Lipinski definition) is 5. The molecule has 3 heterocycles. The van der Waals surface area contributed by atoms with Crippen LogP contribution in [-0.4, -0.2) is 20.4 Å². The minimum atomic E-state index is -0.383. The molecule has 0 radical (unpaired) electrons. The second kappa shape index (κ2) is 7.48. The van der Waals surface area contributed by atoms with E-state index in [1.54, 1.807) is 24.3 Å². The van der Waals surface area contributed by atoms with E-state index in [1.807, 2.05) is 23.6 Å². The van der Waals surface area contributed by atoms with Crippen LogP contribution in [0.1, 0.15) is 22.4 Å². The number of anilines is 2. The number of carbonyl (C=O) groups is 1. The van der Waals surface area contributed by atoms with Gasteiger partial charge in [0.2, 0.25) is 5.91 Å². The molecule has 7 nitrogen and oxygen atoms in total. The van der Waals surface area contributed by atoms with Gasteiger partial charge in [-0.1, -0.05) is 17.7 Å². The molecule has 0 unspecified atom stereocenters. The van der Waals surface area contributed by atoms with Gasteiger partial charge in [-0.3, -0.25) is 4.79 Å². The van der Waals surface area contributed by atoms with Gasteiger partial charge in [0, 0.05) is 16.9 Å². The molecule has 1 aliphatic heterocycles. The number of aryl methyl sites for hydroxylation is 1. The van der Waals surface area contributed by atoms with Crippen molar-refractivity contribution in [1.82, 2.24) is 14.5 Å². The highest BCUT2D eigenvalue weighted by molar-refractivity contribution is 5.93. The fraction of sp³-hybridized carbons (Fsp3) is 0.174. The van der Waals surface area contributed by atoms with Crippen LogP contribution in [0.5, 0.6) is 0 Å². The zero-order valence-electron chi connectivity index (χ0n) is 16.9. The lowest BCUT2D eigenvalue weighted by atomic mass is 10.1. The summed E-state index contributed by atoms with van der Waals surface area (Å²) in [5, 5.41) is 2.82. The molecule has 4 aromatic rings. The molecule has 1 amide bonds. The molecular weight excluding hydrogens is 397 g/mol. The standard InChI is InChI=1S/C23H20FN5O2/c1-13-2-7-18(24)14(8-13)9-20(30)28-15-3-5-16(6-4-15)29-19-11-31-10-17(19)21-22(29)23(25)27-12-26-21/h2-8,12H,9-11H2,1H3,(H,28,30)(H2,25,26,27). The maximum absolute atomic E-state index is 13.9. The Bertz CT molecular complexity index is 1310. The van der Waals surface area contributed by atoms with E-state index >= 15 is 0 Å². The van der Waals surface area contributed by atoms with Crippen LogP contribution in [0.4, 0.5) is 15.9 Å². The average molecular weight is 417 g/mol. The van der Waals surface area contributed by atoms with Crippen molar-refractivity contribution in [3.8, 4) is 5.69 Å². The van der Waals surface area contributed by atoms with E-state index in [0.29, 0.717) is 30.3 Å². The second-order valence-corrected chi connectivity index (χ2v) is 7.58. The summed E-state index contributed by atoms with van der Waals surface area (Å²) in [6.07, 6.45) is 1.42. The van der Waals surface area contributed by atoms with Gasteiger partial charge >= 0.3 is 0 Å². The summed E-state index contributed by atoms with van der Waals surface area (Å²) in [6, 6.07) is 12.1. The number of fused-ring (bicyclic) bond motifs is 3. The molecule has 3 N–H and O–H groups in total. The highest BCUT2D eigenvalue weighted by Crippen LogP contribution is 2.35. The van der Waals surface area contributed by atoms with E-state index < -0.39 is 0 Å². The predicted molar refractivity (Wildman–Crippen MR) is 115 cm³/mol. The van der Waals surface area contributed by atoms with Gasteiger partial charge in [-0.2, -0.15) is 0 Å². The third kappa shape index (κ3) is 3.40. The first-order valence-corrected chi connectivity index (χ1v) is 9.87. The van der Waals surface area contributed by atoms with Crippen LogP contribution in [0.25, 0.3) is 16.7 Å². The fourth-order valence-corrected chi connectivity index (χ4v) is 3.99. The molecule has 31 heavy (non-hydrogen) atoms. The lowest BCUT2D eigenvalue weighted by Crippen LogP contribution is -2.15. The molecule has 156 valence electrons. The van der Waals surface area contributed by atoms with Crippen molar-refractivity contribution >= 4 is 28.4 Å². The van der Waals surface area contributed by atoms with Crippen LogP contribution in [0.15, 0.2) is 48.8 Å². The van der Waals surface area contributed by atoms with Crippen LogP contribution in [0, 0.1) is 12.7 Å². The SMILES string of the molecule is Cc1ccc(F)c(CC(=O)Nc2ccc(-n3c4c(c5ncnc(N)c53)COC4)cc2)c1. The van der Waals surface area contributed by atoms with Crippen molar-refractivity contribution in [2.75, 3.05) is 11.1 Å². The summed E-state index contributed by atoms with van der Waals surface area (Å²) in [6.45, 7) is 2.81. The number of carbonyl (C=O) groups excluding carboxylic acids is 1. The van der Waals surface area contributed by atoms with Gasteiger partial charge in [-0.25, -0.2) is 14.4 Å². The van der Waals surface area contributed by atoms with E-state index in [0.717, 1.165) is 33.5 Å². The Balaban J connectivity index is 1.41. The minimum Gasteiger partial charge on any atom is -0.382 e. The summed E-state index contributed by atoms with van der Waals surface area (Å²) in [4.78, 5) is 20.9. The van der Waals surface area contributed by atoms with Gasteiger partial charge in [0.25, 0.3) is 0 Å². The number of halogens is 1. The van der Waals surface area contributed by atoms with Crippen molar-refractivity contribution in [2.45, 2.75) is 26.6 Å². The first-order chi connectivity index (χ1) is 15.0. The summed E-state index contributed by atoms with van der Waals surface area (Å²) in [5.41, 5.74) is 12.5. The van der Waals surface area contributed by atoms with E-state index in [2.05, 4.69) is 15.3 Å². The van der Waals surface area contributed by atoms with Crippen LogP contribution in [-0.2, 0) is 29.2 Å². The quantitative estimate of drug-likeness (QED) is 0.528. The number of nitrogens with one attached hydrogen (secondary N) is 1. The Kier molecular flexibility index (Phi) is 4.63. The Hall–Kier alpha value is -3.78. The zero-order valence-corrected chi connectivity index (χ0v) is 16.9. The summed E-state index contributed by atoms with van der Waals surface area (Å²) < 4.78 is 21.5. The van der Waals surface area contributed by atoms with Gasteiger partial charge in [0.15, 0.2) is 5.82 Å². The van der Waals surface area contributed by atoms with Crippen LogP contribution in [0.2, 0.25) is 0 Å².